The number of esters is 3. The first-order valence-corrected chi connectivity index (χ1v) is 10.6. The zero-order valence-electron chi connectivity index (χ0n) is 17.7. The van der Waals surface area contributed by atoms with E-state index in [0.29, 0.717) is 47.9 Å². The number of aliphatic hydroxyl groups excluding tert-OH is 1. The van der Waals surface area contributed by atoms with Crippen molar-refractivity contribution in [3.05, 3.63) is 70.8 Å². The molecule has 0 saturated carbocycles. The zero-order chi connectivity index (χ0) is 22.8. The quantitative estimate of drug-likeness (QED) is 0.488. The molecule has 6 rings (SSSR count). The second kappa shape index (κ2) is 12.0. The highest BCUT2D eigenvalue weighted by atomic mass is 16.6. The van der Waals surface area contributed by atoms with Crippen LogP contribution in [0.25, 0.3) is 0 Å². The van der Waals surface area contributed by atoms with Gasteiger partial charge in [-0.05, 0) is 62.1 Å². The Morgan fingerprint density at radius 1 is 0.562 bits per heavy atom. The molecule has 0 amide bonds. The second-order valence-corrected chi connectivity index (χ2v) is 7.24. The van der Waals surface area contributed by atoms with Crippen LogP contribution in [0.4, 0.5) is 0 Å². The maximum atomic E-state index is 12.1. The summed E-state index contributed by atoms with van der Waals surface area (Å²) in [4.78, 5) is 36.3. The van der Waals surface area contributed by atoms with Gasteiger partial charge in [0.15, 0.2) is 6.29 Å². The van der Waals surface area contributed by atoms with Crippen molar-refractivity contribution in [2.75, 3.05) is 26.4 Å². The molecule has 1 N–H and O–H groups in total. The molecule has 1 atom stereocenters. The molecule has 0 spiro atoms. The lowest BCUT2D eigenvalue weighted by Gasteiger charge is -2.13. The number of hydrogen-bond donors (Lipinski definition) is 1. The first-order valence-electron chi connectivity index (χ1n) is 10.6. The highest BCUT2D eigenvalue weighted by molar-refractivity contribution is 5.93. The number of rotatable bonds is 0. The Morgan fingerprint density at radius 3 is 1.31 bits per heavy atom. The van der Waals surface area contributed by atoms with Crippen molar-refractivity contribution in [3.8, 4) is 0 Å². The Morgan fingerprint density at radius 2 is 0.906 bits per heavy atom. The standard InChI is InChI=1S/C24H26O8/c25-21-17-5-7-19(8-6-17)23(27)31-15-3-4-16-32-24(28)20-11-9-18(10-12-20)22(26)30-14-2-1-13-29-21/h5-12,21,25H,1-4,13-16H2. The molecular weight excluding hydrogens is 416 g/mol. The van der Waals surface area contributed by atoms with Crippen LogP contribution in [0.3, 0.4) is 0 Å². The summed E-state index contributed by atoms with van der Waals surface area (Å²) in [6, 6.07) is 12.4. The maximum absolute atomic E-state index is 12.1. The topological polar surface area (TPSA) is 108 Å². The number of aliphatic hydroxyl groups is 1. The smallest absolute Gasteiger partial charge is 0.338 e. The summed E-state index contributed by atoms with van der Waals surface area (Å²) >= 11 is 0. The lowest BCUT2D eigenvalue weighted by atomic mass is 10.1. The minimum absolute atomic E-state index is 0.187. The van der Waals surface area contributed by atoms with E-state index >= 15 is 0 Å². The predicted octanol–water partition coefficient (Wildman–Crippen LogP) is 3.44. The van der Waals surface area contributed by atoms with Crippen molar-refractivity contribution in [2.45, 2.75) is 32.0 Å². The van der Waals surface area contributed by atoms with Crippen molar-refractivity contribution in [1.29, 1.82) is 0 Å². The zero-order valence-corrected chi connectivity index (χ0v) is 17.7. The van der Waals surface area contributed by atoms with E-state index in [1.54, 1.807) is 24.3 Å². The van der Waals surface area contributed by atoms with Gasteiger partial charge in [0.1, 0.15) is 0 Å². The highest BCUT2D eigenvalue weighted by Crippen LogP contribution is 2.16. The lowest BCUT2D eigenvalue weighted by Crippen LogP contribution is -2.11. The van der Waals surface area contributed by atoms with Crippen LogP contribution >= 0.6 is 0 Å². The minimum Gasteiger partial charge on any atom is -0.462 e. The number of hydrogen-bond acceptors (Lipinski definition) is 8. The molecule has 2 aromatic rings. The van der Waals surface area contributed by atoms with Gasteiger partial charge in [0.05, 0.1) is 43.1 Å². The summed E-state index contributed by atoms with van der Waals surface area (Å²) in [5.74, 6) is -1.43. The van der Waals surface area contributed by atoms with Gasteiger partial charge in [-0.25, -0.2) is 14.4 Å². The van der Waals surface area contributed by atoms with E-state index in [9.17, 15) is 19.5 Å². The van der Waals surface area contributed by atoms with E-state index in [1.807, 2.05) is 0 Å². The van der Waals surface area contributed by atoms with Gasteiger partial charge in [-0.1, -0.05) is 12.1 Å². The summed E-state index contributed by atoms with van der Waals surface area (Å²) in [6.07, 6.45) is 1.10. The van der Waals surface area contributed by atoms with Crippen LogP contribution in [0.15, 0.2) is 48.5 Å². The first kappa shape index (κ1) is 23.4. The van der Waals surface area contributed by atoms with E-state index in [1.165, 1.54) is 24.3 Å². The van der Waals surface area contributed by atoms with Gasteiger partial charge in [-0.3, -0.25) is 0 Å². The molecule has 4 aliphatic rings. The van der Waals surface area contributed by atoms with Crippen LogP contribution in [-0.4, -0.2) is 49.4 Å². The molecule has 4 heterocycles. The van der Waals surface area contributed by atoms with Crippen LogP contribution in [0.1, 0.15) is 68.6 Å². The fourth-order valence-corrected chi connectivity index (χ4v) is 2.97. The number of carbonyl (C=O) groups is 3. The Hall–Kier alpha value is -3.23. The third-order valence-electron chi connectivity index (χ3n) is 4.84. The first-order chi connectivity index (χ1) is 15.5. The lowest BCUT2D eigenvalue weighted by molar-refractivity contribution is -0.104. The fourth-order valence-electron chi connectivity index (χ4n) is 2.97. The van der Waals surface area contributed by atoms with Gasteiger partial charge in [0, 0.05) is 5.56 Å². The summed E-state index contributed by atoms with van der Waals surface area (Å²) in [5, 5.41) is 10.1. The van der Waals surface area contributed by atoms with Crippen LogP contribution in [0, 0.1) is 0 Å². The fraction of sp³-hybridized carbons (Fsp3) is 0.375. The van der Waals surface area contributed by atoms with Crippen LogP contribution < -0.4 is 0 Å². The van der Waals surface area contributed by atoms with E-state index in [4.69, 9.17) is 18.9 Å². The van der Waals surface area contributed by atoms with Crippen molar-refractivity contribution in [1.82, 2.24) is 0 Å². The number of ether oxygens (including phenoxy) is 4. The Labute approximate surface area is 186 Å². The summed E-state index contributed by atoms with van der Waals surface area (Å²) in [5.41, 5.74) is 1.56. The molecule has 32 heavy (non-hydrogen) atoms. The average Bonchev–Trinajstić information content (AvgIpc) is 2.82. The molecule has 2 aromatic carbocycles. The minimum atomic E-state index is -1.12. The van der Waals surface area contributed by atoms with E-state index < -0.39 is 24.2 Å². The highest BCUT2D eigenvalue weighted by Gasteiger charge is 2.13. The van der Waals surface area contributed by atoms with Gasteiger partial charge >= 0.3 is 17.9 Å². The van der Waals surface area contributed by atoms with Crippen molar-refractivity contribution in [3.63, 3.8) is 0 Å². The summed E-state index contributed by atoms with van der Waals surface area (Å²) < 4.78 is 21.1. The van der Waals surface area contributed by atoms with Crippen molar-refractivity contribution < 1.29 is 38.4 Å². The van der Waals surface area contributed by atoms with Gasteiger partial charge in [0.2, 0.25) is 0 Å². The SMILES string of the molecule is O=C1OCCCCOC(=O)c2ccc(cc2)C(O)OCCCCOC(=O)c2ccc1cc2. The third-order valence-corrected chi connectivity index (χ3v) is 4.84. The molecular formula is C24H26O8. The average molecular weight is 442 g/mol. The van der Waals surface area contributed by atoms with Crippen LogP contribution in [0.5, 0.6) is 0 Å². The number of carbonyl (C=O) groups excluding carboxylic acids is 3. The summed E-state index contributed by atoms with van der Waals surface area (Å²) in [7, 11) is 0. The molecule has 1 unspecified atom stereocenters. The largest absolute Gasteiger partial charge is 0.462 e. The third kappa shape index (κ3) is 6.90. The molecule has 8 nitrogen and oxygen atoms in total. The maximum Gasteiger partial charge on any atom is 0.338 e. The molecule has 0 aromatic heterocycles. The Balaban J connectivity index is 1.60. The van der Waals surface area contributed by atoms with Crippen LogP contribution in [-0.2, 0) is 18.9 Å². The summed E-state index contributed by atoms with van der Waals surface area (Å²) in [6.45, 7) is 0.867. The molecule has 0 radical (unpaired) electrons. The van der Waals surface area contributed by atoms with Crippen molar-refractivity contribution in [2.24, 2.45) is 0 Å². The molecule has 170 valence electrons. The van der Waals surface area contributed by atoms with Gasteiger partial charge in [-0.2, -0.15) is 0 Å². The Bertz CT molecular complexity index is 905. The van der Waals surface area contributed by atoms with E-state index in [2.05, 4.69) is 0 Å². The second-order valence-electron chi connectivity index (χ2n) is 7.24. The molecule has 0 aliphatic carbocycles. The van der Waals surface area contributed by atoms with Crippen LogP contribution in [0.2, 0.25) is 0 Å². The van der Waals surface area contributed by atoms with E-state index in [0.717, 1.165) is 0 Å². The number of benzene rings is 2. The monoisotopic (exact) mass is 442 g/mol. The normalized spacial score (nSPS) is 19.5. The van der Waals surface area contributed by atoms with E-state index in [-0.39, 0.29) is 26.4 Å². The molecule has 8 heteroatoms. The Kier molecular flexibility index (Phi) is 8.77. The van der Waals surface area contributed by atoms with Gasteiger partial charge < -0.3 is 24.1 Å². The molecule has 0 saturated heterocycles. The molecule has 4 bridgehead atoms. The molecule has 0 fully saturated rings. The molecule has 4 aliphatic heterocycles. The van der Waals surface area contributed by atoms with Crippen molar-refractivity contribution >= 4 is 17.9 Å². The van der Waals surface area contributed by atoms with Gasteiger partial charge in [-0.15, -0.1) is 0 Å². The van der Waals surface area contributed by atoms with Gasteiger partial charge in [0.25, 0.3) is 0 Å². The predicted molar refractivity (Wildman–Crippen MR) is 113 cm³/mol.